The molecule has 2 rings (SSSR count). The maximum Gasteiger partial charge on any atom is 0.389 e. The first-order valence-electron chi connectivity index (χ1n) is 11.3. The van der Waals surface area contributed by atoms with Gasteiger partial charge in [-0.25, -0.2) is 0 Å². The van der Waals surface area contributed by atoms with Crippen molar-refractivity contribution in [2.75, 3.05) is 32.0 Å². The Bertz CT molecular complexity index is 854. The van der Waals surface area contributed by atoms with E-state index in [2.05, 4.69) is 15.6 Å². The average molecular weight is 497 g/mol. The molecule has 0 radical (unpaired) electrons. The Morgan fingerprint density at radius 3 is 1.85 bits per heavy atom. The highest BCUT2D eigenvalue weighted by atomic mass is 32.1. The van der Waals surface area contributed by atoms with E-state index in [0.29, 0.717) is 47.4 Å². The Kier molecular flexibility index (Phi) is 14.6. The molecule has 33 heavy (non-hydrogen) atoms. The summed E-state index contributed by atoms with van der Waals surface area (Å²) in [4.78, 5) is 27.7. The summed E-state index contributed by atoms with van der Waals surface area (Å²) in [6.07, 6.45) is 3.84. The number of amides is 2. The molecule has 0 saturated carbocycles. The lowest BCUT2D eigenvalue weighted by Gasteiger charge is -2.09. The molecule has 2 aromatic heterocycles. The van der Waals surface area contributed by atoms with Crippen molar-refractivity contribution in [3.8, 4) is 0 Å². The van der Waals surface area contributed by atoms with Gasteiger partial charge in [0.1, 0.15) is 5.00 Å². The molecule has 184 valence electrons. The van der Waals surface area contributed by atoms with Crippen LogP contribution in [-0.2, 0) is 9.47 Å². The van der Waals surface area contributed by atoms with Crippen LogP contribution in [0.1, 0.15) is 74.1 Å². The van der Waals surface area contributed by atoms with Crippen LogP contribution < -0.4 is 16.4 Å². The fraction of sp³-hybridized carbons (Fsp3) is 0.522. The topological polar surface area (TPSA) is 115 Å². The molecule has 2 aromatic rings. The molecule has 8 nitrogen and oxygen atoms in total. The molecule has 0 spiro atoms. The summed E-state index contributed by atoms with van der Waals surface area (Å²) in [5, 5.41) is 10.5. The number of hydrogen-bond donors (Lipinski definition) is 3. The Morgan fingerprint density at radius 2 is 1.36 bits per heavy atom. The van der Waals surface area contributed by atoms with Crippen LogP contribution in [0.25, 0.3) is 0 Å². The van der Waals surface area contributed by atoms with Gasteiger partial charge in [-0.1, -0.05) is 27.7 Å². The molecule has 0 aromatic carbocycles. The monoisotopic (exact) mass is 496 g/mol. The third-order valence-electron chi connectivity index (χ3n) is 3.95. The van der Waals surface area contributed by atoms with Gasteiger partial charge in [0.2, 0.25) is 0 Å². The molecule has 0 bridgehead atoms. The number of nitrogens with two attached hydrogens (primary N) is 1. The maximum absolute atomic E-state index is 12.0. The number of nitrogen functional groups attached to an aromatic ring is 1. The number of carbonyl (C=O) groups is 2. The zero-order valence-electron chi connectivity index (χ0n) is 19.9. The van der Waals surface area contributed by atoms with E-state index in [1.807, 2.05) is 38.5 Å². The van der Waals surface area contributed by atoms with Gasteiger partial charge >= 0.3 is 6.08 Å². The number of nitrogens with one attached hydrogen (secondary N) is 2. The molecule has 0 saturated heterocycles. The van der Waals surface area contributed by atoms with Crippen molar-refractivity contribution in [1.82, 2.24) is 10.6 Å². The van der Waals surface area contributed by atoms with Crippen molar-refractivity contribution in [2.24, 2.45) is 4.99 Å². The number of hydrogen-bond acceptors (Lipinski definition) is 8. The first kappa shape index (κ1) is 28.4. The smallest absolute Gasteiger partial charge is 0.389 e. The lowest BCUT2D eigenvalue weighted by Crippen LogP contribution is -2.24. The van der Waals surface area contributed by atoms with E-state index in [0.717, 1.165) is 25.7 Å². The van der Waals surface area contributed by atoms with Gasteiger partial charge in [-0.05, 0) is 48.6 Å². The minimum Gasteiger partial charge on any atom is -0.450 e. The lowest BCUT2D eigenvalue weighted by molar-refractivity contribution is 0.0946. The minimum absolute atomic E-state index is 0.0735. The third kappa shape index (κ3) is 10.7. The SMILES string of the molecule is CCCNC(=O)c1ccsc1N.CCCNC(=O)c1ccsc1N=C(OCCC)OCCC. The fourth-order valence-electron chi connectivity index (χ4n) is 2.30. The van der Waals surface area contributed by atoms with E-state index in [1.54, 1.807) is 12.1 Å². The summed E-state index contributed by atoms with van der Waals surface area (Å²) < 4.78 is 11.0. The third-order valence-corrected chi connectivity index (χ3v) is 5.51. The van der Waals surface area contributed by atoms with Crippen LogP contribution in [0.2, 0.25) is 0 Å². The highest BCUT2D eigenvalue weighted by Crippen LogP contribution is 2.27. The highest BCUT2D eigenvalue weighted by Gasteiger charge is 2.14. The van der Waals surface area contributed by atoms with Crippen LogP contribution in [0.3, 0.4) is 0 Å². The van der Waals surface area contributed by atoms with Gasteiger partial charge in [0, 0.05) is 13.1 Å². The van der Waals surface area contributed by atoms with E-state index in [4.69, 9.17) is 15.2 Å². The molecule has 0 aliphatic carbocycles. The van der Waals surface area contributed by atoms with Gasteiger partial charge < -0.3 is 25.8 Å². The predicted octanol–water partition coefficient (Wildman–Crippen LogP) is 5.20. The largest absolute Gasteiger partial charge is 0.450 e. The van der Waals surface area contributed by atoms with E-state index in [9.17, 15) is 9.59 Å². The molecule has 2 heterocycles. The normalized spacial score (nSPS) is 9.94. The van der Waals surface area contributed by atoms with Crippen LogP contribution in [0.15, 0.2) is 27.9 Å². The molecule has 0 fully saturated rings. The van der Waals surface area contributed by atoms with E-state index in [1.165, 1.54) is 22.7 Å². The van der Waals surface area contributed by atoms with Gasteiger partial charge in [0.05, 0.1) is 29.3 Å². The Morgan fingerprint density at radius 1 is 0.848 bits per heavy atom. The summed E-state index contributed by atoms with van der Waals surface area (Å²) in [5.74, 6) is -0.183. The van der Waals surface area contributed by atoms with Crippen LogP contribution in [0.4, 0.5) is 10.0 Å². The van der Waals surface area contributed by atoms with E-state index < -0.39 is 0 Å². The highest BCUT2D eigenvalue weighted by molar-refractivity contribution is 7.14. The van der Waals surface area contributed by atoms with Gasteiger partial charge in [0.15, 0.2) is 0 Å². The molecular weight excluding hydrogens is 460 g/mol. The van der Waals surface area contributed by atoms with Crippen molar-refractivity contribution in [3.63, 3.8) is 0 Å². The maximum atomic E-state index is 12.0. The molecule has 0 atom stereocenters. The van der Waals surface area contributed by atoms with Crippen molar-refractivity contribution in [3.05, 3.63) is 34.0 Å². The molecule has 0 aliphatic rings. The van der Waals surface area contributed by atoms with Gasteiger partial charge in [-0.15, -0.1) is 22.7 Å². The number of nitrogens with zero attached hydrogens (tertiary/aromatic N) is 1. The lowest BCUT2D eigenvalue weighted by atomic mass is 10.3. The van der Waals surface area contributed by atoms with E-state index >= 15 is 0 Å². The molecule has 10 heteroatoms. The van der Waals surface area contributed by atoms with Crippen LogP contribution in [0, 0.1) is 0 Å². The second kappa shape index (κ2) is 17.0. The Hall–Kier alpha value is -2.59. The van der Waals surface area contributed by atoms with Gasteiger partial charge in [-0.2, -0.15) is 4.99 Å². The van der Waals surface area contributed by atoms with Crippen molar-refractivity contribution in [2.45, 2.75) is 53.4 Å². The molecular formula is C23H36N4O4S2. The number of aliphatic imine (C=N–C) groups is 1. The molecule has 0 aliphatic heterocycles. The molecule has 4 N–H and O–H groups in total. The van der Waals surface area contributed by atoms with Crippen LogP contribution in [-0.4, -0.2) is 44.2 Å². The van der Waals surface area contributed by atoms with Crippen molar-refractivity contribution < 1.29 is 19.1 Å². The first-order valence-corrected chi connectivity index (χ1v) is 13.0. The summed E-state index contributed by atoms with van der Waals surface area (Å²) in [6.45, 7) is 10.5. The first-order chi connectivity index (χ1) is 16.0. The number of rotatable bonds is 11. The summed E-state index contributed by atoms with van der Waals surface area (Å²) >= 11 is 2.78. The minimum atomic E-state index is -0.109. The second-order valence-electron chi connectivity index (χ2n) is 6.92. The standard InChI is InChI=1S/C15H24N2O3S.C8H12N2OS/c1-4-8-16-13(18)12-7-11-21-14(12)17-15(19-9-5-2)20-10-6-3;1-2-4-10-8(11)6-3-5-12-7(6)9/h7,11H,4-6,8-10H2,1-3H3,(H,16,18);3,5H,2,4,9H2,1H3,(H,10,11). The van der Waals surface area contributed by atoms with Gasteiger partial charge in [-0.3, -0.25) is 9.59 Å². The number of carbonyl (C=O) groups excluding carboxylic acids is 2. The number of ether oxygens (including phenoxy) is 2. The van der Waals surface area contributed by atoms with Crippen molar-refractivity contribution >= 4 is 50.6 Å². The summed E-state index contributed by atoms with van der Waals surface area (Å²) in [7, 11) is 0. The average Bonchev–Trinajstić information content (AvgIpc) is 3.46. The molecule has 2 amide bonds. The Labute approximate surface area is 204 Å². The van der Waals surface area contributed by atoms with Crippen molar-refractivity contribution in [1.29, 1.82) is 0 Å². The number of anilines is 1. The number of thiophene rings is 2. The quantitative estimate of drug-likeness (QED) is 0.292. The molecule has 0 unspecified atom stereocenters. The fourth-order valence-corrected chi connectivity index (χ4v) is 3.69. The summed E-state index contributed by atoms with van der Waals surface area (Å²) in [6, 6.07) is 3.51. The Balaban J connectivity index is 0.000000383. The van der Waals surface area contributed by atoms with Crippen LogP contribution >= 0.6 is 22.7 Å². The summed E-state index contributed by atoms with van der Waals surface area (Å²) in [5.41, 5.74) is 6.72. The van der Waals surface area contributed by atoms with E-state index in [-0.39, 0.29) is 17.9 Å². The van der Waals surface area contributed by atoms with Crippen LogP contribution in [0.5, 0.6) is 0 Å². The predicted molar refractivity (Wildman–Crippen MR) is 138 cm³/mol. The zero-order valence-corrected chi connectivity index (χ0v) is 21.6. The zero-order chi connectivity index (χ0) is 24.5. The van der Waals surface area contributed by atoms with Gasteiger partial charge in [0.25, 0.3) is 11.8 Å². The second-order valence-corrected chi connectivity index (χ2v) is 8.77.